The second kappa shape index (κ2) is 10.5. The average molecular weight is 648 g/mol. The van der Waals surface area contributed by atoms with Gasteiger partial charge >= 0.3 is 0 Å². The Morgan fingerprint density at radius 2 is 1.58 bits per heavy atom. The van der Waals surface area contributed by atoms with Gasteiger partial charge in [-0.1, -0.05) is 60.0 Å². The first-order chi connectivity index (χ1) is 21.5. The zero-order valence-electron chi connectivity index (χ0n) is 24.5. The van der Waals surface area contributed by atoms with Crippen LogP contribution in [-0.2, 0) is 25.6 Å². The Morgan fingerprint density at radius 1 is 0.867 bits per heavy atom. The summed E-state index contributed by atoms with van der Waals surface area (Å²) in [6.07, 6.45) is 3.20. The summed E-state index contributed by atoms with van der Waals surface area (Å²) in [7, 11) is 0. The number of hydrogen-bond donors (Lipinski definition) is 1. The van der Waals surface area contributed by atoms with Crippen molar-refractivity contribution in [2.24, 2.45) is 29.1 Å². The molecule has 7 nitrogen and oxygen atoms in total. The van der Waals surface area contributed by atoms with Crippen molar-refractivity contribution in [3.8, 4) is 5.75 Å². The lowest BCUT2D eigenvalue weighted by Gasteiger charge is -2.49. The molecule has 3 fully saturated rings. The van der Waals surface area contributed by atoms with Gasteiger partial charge in [-0.05, 0) is 85.7 Å². The Bertz CT molecular complexity index is 1840. The van der Waals surface area contributed by atoms with Crippen molar-refractivity contribution in [1.29, 1.82) is 0 Å². The molecule has 2 saturated heterocycles. The summed E-state index contributed by atoms with van der Waals surface area (Å²) < 4.78 is 14.1. The zero-order valence-corrected chi connectivity index (χ0v) is 26.0. The molecule has 4 amide bonds. The molecule has 10 heteroatoms. The largest absolute Gasteiger partial charge is 0.508 e. The number of fused-ring (bicyclic) bond motifs is 4. The van der Waals surface area contributed by atoms with E-state index in [0.29, 0.717) is 11.3 Å². The van der Waals surface area contributed by atoms with E-state index in [1.165, 1.54) is 29.2 Å². The fraction of sp³-hybridized carbons (Fsp3) is 0.314. The summed E-state index contributed by atoms with van der Waals surface area (Å²) >= 11 is 12.8. The molecule has 3 aromatic rings. The van der Waals surface area contributed by atoms with Gasteiger partial charge in [0.15, 0.2) is 0 Å². The van der Waals surface area contributed by atoms with Gasteiger partial charge in [0.1, 0.15) is 11.6 Å². The third-order valence-corrected chi connectivity index (χ3v) is 11.0. The number of aromatic hydroxyl groups is 1. The van der Waals surface area contributed by atoms with Gasteiger partial charge in [0.2, 0.25) is 23.6 Å². The second-order valence-electron chi connectivity index (χ2n) is 12.5. The van der Waals surface area contributed by atoms with Crippen molar-refractivity contribution < 1.29 is 28.7 Å². The van der Waals surface area contributed by atoms with Crippen molar-refractivity contribution >= 4 is 58.2 Å². The van der Waals surface area contributed by atoms with E-state index in [0.717, 1.165) is 28.5 Å². The van der Waals surface area contributed by atoms with Gasteiger partial charge in [0.25, 0.3) is 0 Å². The Labute approximate surface area is 269 Å². The number of hydrogen-bond acceptors (Lipinski definition) is 5. The van der Waals surface area contributed by atoms with Crippen LogP contribution in [0.1, 0.15) is 43.7 Å². The minimum Gasteiger partial charge on any atom is -0.508 e. The van der Waals surface area contributed by atoms with Crippen LogP contribution in [0.4, 0.5) is 15.8 Å². The zero-order chi connectivity index (χ0) is 31.9. The van der Waals surface area contributed by atoms with Gasteiger partial charge in [0.05, 0.1) is 39.6 Å². The molecule has 4 aliphatic rings. The van der Waals surface area contributed by atoms with Gasteiger partial charge in [0, 0.05) is 10.9 Å². The number of benzene rings is 3. The predicted octanol–water partition coefficient (Wildman–Crippen LogP) is 6.84. The van der Waals surface area contributed by atoms with Crippen LogP contribution in [0.5, 0.6) is 5.75 Å². The van der Waals surface area contributed by atoms with E-state index in [1.54, 1.807) is 25.1 Å². The third-order valence-electron chi connectivity index (χ3n) is 10.3. The number of halogens is 3. The molecule has 0 unspecified atom stereocenters. The van der Waals surface area contributed by atoms with Crippen LogP contribution in [0, 0.1) is 34.9 Å². The van der Waals surface area contributed by atoms with Crippen LogP contribution in [0.25, 0.3) is 0 Å². The first-order valence-electron chi connectivity index (χ1n) is 15.0. The maximum atomic E-state index is 14.5. The lowest BCUT2D eigenvalue weighted by Crippen LogP contribution is -2.49. The van der Waals surface area contributed by atoms with E-state index in [9.17, 15) is 28.7 Å². The van der Waals surface area contributed by atoms with Gasteiger partial charge in [-0.25, -0.2) is 9.29 Å². The minimum atomic E-state index is -1.34. The molecular formula is C35H29Cl2FN2O5. The Kier molecular flexibility index (Phi) is 6.95. The van der Waals surface area contributed by atoms with E-state index in [1.807, 2.05) is 25.1 Å². The number of anilines is 2. The van der Waals surface area contributed by atoms with E-state index >= 15 is 0 Å². The van der Waals surface area contributed by atoms with Crippen LogP contribution in [0.3, 0.4) is 0 Å². The first-order valence-corrected chi connectivity index (χ1v) is 15.7. The maximum absolute atomic E-state index is 14.5. The number of aryl methyl sites for hydroxylation is 1. The summed E-state index contributed by atoms with van der Waals surface area (Å²) in [5.41, 5.74) is 1.69. The SMILES string of the molecule is CCc1ccc(N2C(=O)[C@H]3[C@H](CC=C4[C@H]3C[C@H]3C(=O)N(c5ccc(F)c(Cl)c5)C(=O)[C@@]3(C)[C@H]4c3ccc(O)cc3Cl)C2=O)cc1. The standard InChI is InChI=1S/C35H29Cl2FN2O5/c1-3-17-4-6-18(7-5-17)39-31(42)23-12-11-21-24(29(23)33(39)44)16-25-32(43)40(19-8-13-28(38)27(37)14-19)34(45)35(25,2)30(21)22-10-9-20(41)15-26(22)36/h4-11,13-15,23-25,29-30,41H,3,12,16H2,1-2H3/t23-,24+,25-,29-,30+,35+/m0/s1. The highest BCUT2D eigenvalue weighted by atomic mass is 35.5. The Balaban J connectivity index is 1.36. The number of carbonyl (C=O) groups excluding carboxylic acids is 4. The van der Waals surface area contributed by atoms with E-state index in [2.05, 4.69) is 0 Å². The Morgan fingerprint density at radius 3 is 2.24 bits per heavy atom. The fourth-order valence-electron chi connectivity index (χ4n) is 8.11. The summed E-state index contributed by atoms with van der Waals surface area (Å²) in [6.45, 7) is 3.75. The highest BCUT2D eigenvalue weighted by molar-refractivity contribution is 6.32. The first kappa shape index (κ1) is 29.7. The number of phenols is 1. The molecule has 0 aromatic heterocycles. The summed E-state index contributed by atoms with van der Waals surface area (Å²) in [5, 5.41) is 10.1. The number of carbonyl (C=O) groups is 4. The molecule has 2 heterocycles. The summed E-state index contributed by atoms with van der Waals surface area (Å²) in [4.78, 5) is 59.0. The lowest BCUT2D eigenvalue weighted by atomic mass is 9.51. The van der Waals surface area contributed by atoms with Gasteiger partial charge in [-0.15, -0.1) is 0 Å². The minimum absolute atomic E-state index is 0.0618. The molecule has 0 bridgehead atoms. The fourth-order valence-corrected chi connectivity index (χ4v) is 8.57. The number of rotatable bonds is 4. The topological polar surface area (TPSA) is 95.0 Å². The average Bonchev–Trinajstić information content (AvgIpc) is 3.39. The quantitative estimate of drug-likeness (QED) is 0.247. The highest BCUT2D eigenvalue weighted by Crippen LogP contribution is 2.64. The smallest absolute Gasteiger partial charge is 0.241 e. The van der Waals surface area contributed by atoms with Crippen molar-refractivity contribution in [1.82, 2.24) is 0 Å². The molecule has 1 saturated carbocycles. The van der Waals surface area contributed by atoms with Crippen LogP contribution in [0.2, 0.25) is 10.0 Å². The van der Waals surface area contributed by atoms with E-state index < -0.39 is 52.6 Å². The number of nitrogens with zero attached hydrogens (tertiary/aromatic N) is 2. The number of allylic oxidation sites excluding steroid dienone is 2. The van der Waals surface area contributed by atoms with Crippen molar-refractivity contribution in [2.75, 3.05) is 9.80 Å². The van der Waals surface area contributed by atoms with Crippen molar-refractivity contribution in [3.05, 3.63) is 99.3 Å². The molecule has 6 atom stereocenters. The molecule has 2 aliphatic heterocycles. The molecule has 230 valence electrons. The third kappa shape index (κ3) is 4.22. The van der Waals surface area contributed by atoms with Gasteiger partial charge in [-0.2, -0.15) is 0 Å². The molecule has 7 rings (SSSR count). The van der Waals surface area contributed by atoms with E-state index in [4.69, 9.17) is 23.2 Å². The highest BCUT2D eigenvalue weighted by Gasteiger charge is 2.67. The molecule has 0 radical (unpaired) electrons. The monoisotopic (exact) mass is 646 g/mol. The number of amides is 4. The van der Waals surface area contributed by atoms with Crippen molar-refractivity contribution in [2.45, 2.75) is 39.0 Å². The summed E-state index contributed by atoms with van der Waals surface area (Å²) in [6, 6.07) is 15.5. The second-order valence-corrected chi connectivity index (χ2v) is 13.3. The normalized spacial score (nSPS) is 29.1. The summed E-state index contributed by atoms with van der Waals surface area (Å²) in [5.74, 6) is -5.85. The van der Waals surface area contributed by atoms with Gasteiger partial charge in [-0.3, -0.25) is 24.1 Å². The number of phenolic OH excluding ortho intramolecular Hbond substituents is 1. The molecule has 3 aromatic carbocycles. The van der Waals surface area contributed by atoms with Crippen molar-refractivity contribution in [3.63, 3.8) is 0 Å². The molecule has 0 spiro atoms. The van der Waals surface area contributed by atoms with Gasteiger partial charge < -0.3 is 5.11 Å². The maximum Gasteiger partial charge on any atom is 0.241 e. The number of imide groups is 2. The Hall–Kier alpha value is -4.01. The molecule has 2 aliphatic carbocycles. The van der Waals surface area contributed by atoms with Crippen LogP contribution in [-0.4, -0.2) is 28.7 Å². The van der Waals surface area contributed by atoms with E-state index in [-0.39, 0.29) is 46.1 Å². The molecule has 45 heavy (non-hydrogen) atoms. The van der Waals surface area contributed by atoms with Crippen LogP contribution in [0.15, 0.2) is 72.3 Å². The molecule has 1 N–H and O–H groups in total. The van der Waals surface area contributed by atoms with Crippen LogP contribution >= 0.6 is 23.2 Å². The lowest BCUT2D eigenvalue weighted by molar-refractivity contribution is -0.131. The van der Waals surface area contributed by atoms with Crippen LogP contribution < -0.4 is 9.80 Å². The predicted molar refractivity (Wildman–Crippen MR) is 167 cm³/mol. The molecular weight excluding hydrogens is 618 g/mol.